The quantitative estimate of drug-likeness (QED) is 0.782. The third-order valence-electron chi connectivity index (χ3n) is 2.25. The summed E-state index contributed by atoms with van der Waals surface area (Å²) in [6, 6.07) is 7.88. The molecule has 0 saturated heterocycles. The van der Waals surface area contributed by atoms with E-state index >= 15 is 0 Å². The molecule has 1 heterocycles. The smallest absolute Gasteiger partial charge is 0.185 e. The molecule has 0 aliphatic carbocycles. The van der Waals surface area contributed by atoms with Gasteiger partial charge in [-0.25, -0.2) is 4.98 Å². The molecule has 0 amide bonds. The number of hydrogen-bond acceptors (Lipinski definition) is 2. The largest absolute Gasteiger partial charge is 0.325 e. The average molecular weight is 265 g/mol. The van der Waals surface area contributed by atoms with Gasteiger partial charge in [0.1, 0.15) is 0 Å². The van der Waals surface area contributed by atoms with Crippen molar-refractivity contribution in [1.82, 2.24) is 9.55 Å². The first-order chi connectivity index (χ1) is 7.22. The summed E-state index contributed by atoms with van der Waals surface area (Å²) in [5.41, 5.74) is 1.96. The van der Waals surface area contributed by atoms with Gasteiger partial charge in [0, 0.05) is 17.1 Å². The minimum Gasteiger partial charge on any atom is -0.325 e. The van der Waals surface area contributed by atoms with Crippen molar-refractivity contribution in [1.29, 1.82) is 0 Å². The molecule has 0 aliphatic heterocycles. The maximum Gasteiger partial charge on any atom is 0.185 e. The number of aromatic nitrogens is 2. The number of aldehydes is 1. The molecule has 0 N–H and O–H groups in total. The van der Waals surface area contributed by atoms with E-state index in [9.17, 15) is 4.79 Å². The Balaban J connectivity index is 2.54. The lowest BCUT2D eigenvalue weighted by Crippen LogP contribution is -1.97. The van der Waals surface area contributed by atoms with Crippen molar-refractivity contribution < 1.29 is 4.79 Å². The van der Waals surface area contributed by atoms with Gasteiger partial charge in [-0.15, -0.1) is 0 Å². The van der Waals surface area contributed by atoms with E-state index in [2.05, 4.69) is 20.9 Å². The molecule has 0 fully saturated rings. The van der Waals surface area contributed by atoms with Gasteiger partial charge in [0.05, 0.1) is 11.9 Å². The van der Waals surface area contributed by atoms with Gasteiger partial charge >= 0.3 is 0 Å². The van der Waals surface area contributed by atoms with Crippen molar-refractivity contribution in [3.8, 4) is 11.3 Å². The van der Waals surface area contributed by atoms with Crippen LogP contribution in [0.25, 0.3) is 11.3 Å². The molecule has 0 bridgehead atoms. The second-order valence-electron chi connectivity index (χ2n) is 3.19. The van der Waals surface area contributed by atoms with E-state index in [1.165, 1.54) is 0 Å². The molecule has 0 aliphatic rings. The van der Waals surface area contributed by atoms with Crippen LogP contribution in [0.3, 0.4) is 0 Å². The van der Waals surface area contributed by atoms with Crippen molar-refractivity contribution in [3.63, 3.8) is 0 Å². The number of hydrogen-bond donors (Lipinski definition) is 0. The van der Waals surface area contributed by atoms with Gasteiger partial charge in [0.25, 0.3) is 0 Å². The molecule has 4 heteroatoms. The summed E-state index contributed by atoms with van der Waals surface area (Å²) >= 11 is 3.41. The Morgan fingerprint density at radius 3 is 2.87 bits per heavy atom. The summed E-state index contributed by atoms with van der Waals surface area (Å²) in [5.74, 6) is 0.435. The third-order valence-corrected chi connectivity index (χ3v) is 2.74. The molecular weight excluding hydrogens is 256 g/mol. The first-order valence-corrected chi connectivity index (χ1v) is 5.24. The Labute approximate surface area is 95.9 Å². The van der Waals surface area contributed by atoms with E-state index in [1.54, 1.807) is 10.8 Å². The normalized spacial score (nSPS) is 10.3. The topological polar surface area (TPSA) is 34.9 Å². The minimum absolute atomic E-state index is 0.435. The number of imidazole rings is 1. The van der Waals surface area contributed by atoms with E-state index in [0.29, 0.717) is 5.82 Å². The molecule has 0 spiro atoms. The Morgan fingerprint density at radius 2 is 2.27 bits per heavy atom. The molecule has 2 rings (SSSR count). The molecule has 1 aromatic heterocycles. The molecule has 2 aromatic rings. The van der Waals surface area contributed by atoms with E-state index in [4.69, 9.17) is 0 Å². The van der Waals surface area contributed by atoms with E-state index < -0.39 is 0 Å². The van der Waals surface area contributed by atoms with Crippen molar-refractivity contribution >= 4 is 22.2 Å². The highest BCUT2D eigenvalue weighted by Gasteiger charge is 2.07. The van der Waals surface area contributed by atoms with E-state index in [-0.39, 0.29) is 0 Å². The van der Waals surface area contributed by atoms with Gasteiger partial charge in [-0.2, -0.15) is 0 Å². The highest BCUT2D eigenvalue weighted by atomic mass is 79.9. The molecule has 3 nitrogen and oxygen atoms in total. The fraction of sp³-hybridized carbons (Fsp3) is 0.0909. The molecule has 76 valence electrons. The van der Waals surface area contributed by atoms with Crippen LogP contribution in [-0.4, -0.2) is 15.8 Å². The van der Waals surface area contributed by atoms with Gasteiger partial charge in [0.2, 0.25) is 0 Å². The second-order valence-corrected chi connectivity index (χ2v) is 4.10. The first kappa shape index (κ1) is 10.1. The van der Waals surface area contributed by atoms with Crippen molar-refractivity contribution in [2.24, 2.45) is 7.05 Å². The predicted octanol–water partition coefficient (Wildman–Crippen LogP) is 2.66. The molecule has 0 atom stereocenters. The van der Waals surface area contributed by atoms with Crippen LogP contribution in [0.5, 0.6) is 0 Å². The van der Waals surface area contributed by atoms with E-state index in [1.807, 2.05) is 31.3 Å². The highest BCUT2D eigenvalue weighted by molar-refractivity contribution is 9.10. The number of carbonyl (C=O) groups is 1. The summed E-state index contributed by atoms with van der Waals surface area (Å²) in [7, 11) is 1.83. The van der Waals surface area contributed by atoms with Crippen LogP contribution >= 0.6 is 15.9 Å². The maximum atomic E-state index is 10.6. The van der Waals surface area contributed by atoms with Gasteiger partial charge in [-0.3, -0.25) is 4.79 Å². The molecule has 1 aromatic carbocycles. The number of benzene rings is 1. The molecule has 0 radical (unpaired) electrons. The molecule has 0 unspecified atom stereocenters. The van der Waals surface area contributed by atoms with Crippen LogP contribution in [0.4, 0.5) is 0 Å². The first-order valence-electron chi connectivity index (χ1n) is 4.45. The predicted molar refractivity (Wildman–Crippen MR) is 61.7 cm³/mol. The summed E-state index contributed by atoms with van der Waals surface area (Å²) in [4.78, 5) is 14.7. The lowest BCUT2D eigenvalue weighted by atomic mass is 10.2. The van der Waals surface area contributed by atoms with Gasteiger partial charge in [0.15, 0.2) is 12.1 Å². The van der Waals surface area contributed by atoms with Crippen LogP contribution in [0.15, 0.2) is 34.9 Å². The minimum atomic E-state index is 0.435. The zero-order chi connectivity index (χ0) is 10.8. The fourth-order valence-corrected chi connectivity index (χ4v) is 1.85. The zero-order valence-electron chi connectivity index (χ0n) is 8.14. The Hall–Kier alpha value is -1.42. The number of carbonyl (C=O) groups excluding carboxylic acids is 1. The lowest BCUT2D eigenvalue weighted by Gasteiger charge is -2.03. The van der Waals surface area contributed by atoms with Crippen LogP contribution < -0.4 is 0 Å². The lowest BCUT2D eigenvalue weighted by molar-refractivity contribution is 0.111. The number of halogens is 1. The highest BCUT2D eigenvalue weighted by Crippen LogP contribution is 2.22. The van der Waals surface area contributed by atoms with Gasteiger partial charge in [-0.1, -0.05) is 28.1 Å². The maximum absolute atomic E-state index is 10.6. The number of rotatable bonds is 2. The van der Waals surface area contributed by atoms with E-state index in [0.717, 1.165) is 22.0 Å². The Bertz CT molecular complexity index is 505. The third kappa shape index (κ3) is 1.85. The molecule has 0 saturated carbocycles. The summed E-state index contributed by atoms with van der Waals surface area (Å²) in [6.07, 6.45) is 2.45. The van der Waals surface area contributed by atoms with Gasteiger partial charge in [-0.05, 0) is 12.1 Å². The second kappa shape index (κ2) is 3.98. The summed E-state index contributed by atoms with van der Waals surface area (Å²) in [5, 5.41) is 0. The van der Waals surface area contributed by atoms with Crippen LogP contribution in [0.1, 0.15) is 10.6 Å². The average Bonchev–Trinajstić information content (AvgIpc) is 2.59. The Kier molecular flexibility index (Phi) is 2.68. The summed E-state index contributed by atoms with van der Waals surface area (Å²) < 4.78 is 2.78. The van der Waals surface area contributed by atoms with Crippen LogP contribution in [0, 0.1) is 0 Å². The Morgan fingerprint density at radius 1 is 1.47 bits per heavy atom. The zero-order valence-corrected chi connectivity index (χ0v) is 9.73. The van der Waals surface area contributed by atoms with Gasteiger partial charge < -0.3 is 4.57 Å². The van der Waals surface area contributed by atoms with Crippen molar-refractivity contribution in [2.75, 3.05) is 0 Å². The number of nitrogens with zero attached hydrogens (tertiary/aromatic N) is 2. The standard InChI is InChI=1S/C11H9BrN2O/c1-14-10(6-13-11(14)7-15)8-3-2-4-9(12)5-8/h2-7H,1H3. The van der Waals surface area contributed by atoms with Crippen LogP contribution in [-0.2, 0) is 7.05 Å². The monoisotopic (exact) mass is 264 g/mol. The summed E-state index contributed by atoms with van der Waals surface area (Å²) in [6.45, 7) is 0. The van der Waals surface area contributed by atoms with Crippen molar-refractivity contribution in [3.05, 3.63) is 40.8 Å². The SMILES string of the molecule is Cn1c(-c2cccc(Br)c2)cnc1C=O. The van der Waals surface area contributed by atoms with Crippen molar-refractivity contribution in [2.45, 2.75) is 0 Å². The molecule has 15 heavy (non-hydrogen) atoms. The van der Waals surface area contributed by atoms with Crippen LogP contribution in [0.2, 0.25) is 0 Å². The molecular formula is C11H9BrN2O. The fourth-order valence-electron chi connectivity index (χ4n) is 1.45.